The minimum atomic E-state index is -3.72. The number of nitrogens with one attached hydrogen (secondary N) is 1. The van der Waals surface area contributed by atoms with Crippen LogP contribution >= 0.6 is 27.5 Å². The first-order chi connectivity index (χ1) is 8.88. The normalized spacial score (nSPS) is 11.3. The van der Waals surface area contributed by atoms with E-state index in [4.69, 9.17) is 11.6 Å². The third-order valence-electron chi connectivity index (χ3n) is 2.24. The summed E-state index contributed by atoms with van der Waals surface area (Å²) in [7, 11) is -3.72. The molecule has 0 aliphatic rings. The first-order valence-electron chi connectivity index (χ1n) is 5.15. The van der Waals surface area contributed by atoms with Crippen LogP contribution in [0.4, 0.5) is 5.82 Å². The van der Waals surface area contributed by atoms with Gasteiger partial charge in [-0.1, -0.05) is 17.7 Å². The third-order valence-corrected chi connectivity index (χ3v) is 4.76. The van der Waals surface area contributed by atoms with Crippen molar-refractivity contribution < 1.29 is 8.42 Å². The van der Waals surface area contributed by atoms with Crippen LogP contribution in [0.5, 0.6) is 0 Å². The van der Waals surface area contributed by atoms with Gasteiger partial charge >= 0.3 is 0 Å². The third kappa shape index (κ3) is 3.43. The minimum Gasteiger partial charge on any atom is -0.262 e. The Labute approximate surface area is 124 Å². The molecule has 1 N–H and O–H groups in total. The molecule has 0 unspecified atom stereocenters. The summed E-state index contributed by atoms with van der Waals surface area (Å²) in [5.74, 6) is 0.108. The quantitative estimate of drug-likeness (QED) is 0.911. The van der Waals surface area contributed by atoms with Gasteiger partial charge in [0.05, 0.1) is 12.4 Å². The molecule has 1 aromatic carbocycles. The number of nitrogens with zero attached hydrogens (tertiary/aromatic N) is 2. The summed E-state index contributed by atoms with van der Waals surface area (Å²) in [6.45, 7) is 1.87. The van der Waals surface area contributed by atoms with E-state index in [0.29, 0.717) is 4.47 Å². The van der Waals surface area contributed by atoms with Gasteiger partial charge in [-0.15, -0.1) is 0 Å². The number of benzene rings is 1. The van der Waals surface area contributed by atoms with Crippen LogP contribution in [0.25, 0.3) is 0 Å². The monoisotopic (exact) mass is 361 g/mol. The number of rotatable bonds is 3. The van der Waals surface area contributed by atoms with Crippen LogP contribution in [0.1, 0.15) is 5.56 Å². The molecule has 2 aromatic rings. The molecule has 100 valence electrons. The molecule has 0 atom stereocenters. The van der Waals surface area contributed by atoms with E-state index < -0.39 is 10.0 Å². The zero-order valence-electron chi connectivity index (χ0n) is 9.76. The van der Waals surface area contributed by atoms with Crippen molar-refractivity contribution in [3.8, 4) is 0 Å². The van der Waals surface area contributed by atoms with E-state index in [0.717, 1.165) is 5.56 Å². The maximum absolute atomic E-state index is 12.2. The summed E-state index contributed by atoms with van der Waals surface area (Å²) in [5.41, 5.74) is 0.956. The molecule has 1 aromatic heterocycles. The van der Waals surface area contributed by atoms with E-state index in [1.54, 1.807) is 12.1 Å². The molecule has 0 aliphatic heterocycles. The van der Waals surface area contributed by atoms with Crippen LogP contribution in [-0.2, 0) is 10.0 Å². The van der Waals surface area contributed by atoms with Crippen molar-refractivity contribution in [3.63, 3.8) is 0 Å². The van der Waals surface area contributed by atoms with Gasteiger partial charge in [0.2, 0.25) is 0 Å². The van der Waals surface area contributed by atoms with E-state index in [2.05, 4.69) is 30.6 Å². The molecule has 8 heteroatoms. The second-order valence-corrected chi connectivity index (χ2v) is 6.66. The maximum Gasteiger partial charge on any atom is 0.264 e. The Kier molecular flexibility index (Phi) is 4.07. The van der Waals surface area contributed by atoms with E-state index in [-0.39, 0.29) is 15.9 Å². The smallest absolute Gasteiger partial charge is 0.262 e. The molecule has 0 radical (unpaired) electrons. The second-order valence-electron chi connectivity index (χ2n) is 3.76. The Balaban J connectivity index is 2.35. The highest BCUT2D eigenvalue weighted by Crippen LogP contribution is 2.24. The summed E-state index contributed by atoms with van der Waals surface area (Å²) in [4.78, 5) is 7.73. The number of hydrogen-bond acceptors (Lipinski definition) is 4. The fourth-order valence-corrected chi connectivity index (χ4v) is 3.67. The largest absolute Gasteiger partial charge is 0.264 e. The van der Waals surface area contributed by atoms with Crippen molar-refractivity contribution in [2.45, 2.75) is 11.8 Å². The van der Waals surface area contributed by atoms with E-state index >= 15 is 0 Å². The van der Waals surface area contributed by atoms with Gasteiger partial charge in [-0.3, -0.25) is 4.72 Å². The standard InChI is InChI=1S/C11H9BrClN3O2S/c1-7-2-3-9(8(12)4-7)19(17,18)16-11-6-14-10(13)5-15-11/h2-6H,1H3,(H,15,16). The van der Waals surface area contributed by atoms with Gasteiger partial charge in [0.25, 0.3) is 10.0 Å². The van der Waals surface area contributed by atoms with Crippen LogP contribution in [0.15, 0.2) is 40.0 Å². The molecule has 0 bridgehead atoms. The highest BCUT2D eigenvalue weighted by atomic mass is 79.9. The van der Waals surface area contributed by atoms with Crippen molar-refractivity contribution in [1.82, 2.24) is 9.97 Å². The molecular weight excluding hydrogens is 354 g/mol. The second kappa shape index (κ2) is 5.44. The van der Waals surface area contributed by atoms with Crippen LogP contribution in [0.3, 0.4) is 0 Å². The molecule has 19 heavy (non-hydrogen) atoms. The Morgan fingerprint density at radius 1 is 1.26 bits per heavy atom. The lowest BCUT2D eigenvalue weighted by atomic mass is 10.2. The topological polar surface area (TPSA) is 72.0 Å². The van der Waals surface area contributed by atoms with Gasteiger partial charge in [0.15, 0.2) is 5.82 Å². The molecule has 5 nitrogen and oxygen atoms in total. The summed E-state index contributed by atoms with van der Waals surface area (Å²) >= 11 is 8.82. The molecule has 1 heterocycles. The number of aryl methyl sites for hydroxylation is 1. The molecule has 0 spiro atoms. The fourth-order valence-electron chi connectivity index (χ4n) is 1.38. The van der Waals surface area contributed by atoms with Crippen LogP contribution in [0, 0.1) is 6.92 Å². The summed E-state index contributed by atoms with van der Waals surface area (Å²) in [5, 5.41) is 0.194. The Morgan fingerprint density at radius 3 is 2.58 bits per heavy atom. The van der Waals surface area contributed by atoms with E-state index in [9.17, 15) is 8.42 Å². The van der Waals surface area contributed by atoms with Crippen LogP contribution in [0.2, 0.25) is 5.15 Å². The number of sulfonamides is 1. The van der Waals surface area contributed by atoms with Crippen molar-refractivity contribution in [3.05, 3.63) is 45.8 Å². The van der Waals surface area contributed by atoms with Gasteiger partial charge in [-0.25, -0.2) is 18.4 Å². The maximum atomic E-state index is 12.2. The summed E-state index contributed by atoms with van der Waals surface area (Å²) < 4.78 is 27.2. The lowest BCUT2D eigenvalue weighted by Gasteiger charge is -2.09. The predicted octanol–water partition coefficient (Wildman–Crippen LogP) is 3.00. The molecule has 0 saturated heterocycles. The van der Waals surface area contributed by atoms with E-state index in [1.165, 1.54) is 18.5 Å². The van der Waals surface area contributed by atoms with Gasteiger partial charge < -0.3 is 0 Å². The van der Waals surface area contributed by atoms with Crippen molar-refractivity contribution >= 4 is 43.4 Å². The van der Waals surface area contributed by atoms with Gasteiger partial charge in [0, 0.05) is 4.47 Å². The zero-order chi connectivity index (χ0) is 14.0. The summed E-state index contributed by atoms with van der Waals surface area (Å²) in [6, 6.07) is 4.96. The highest BCUT2D eigenvalue weighted by molar-refractivity contribution is 9.10. The average Bonchev–Trinajstić information content (AvgIpc) is 2.31. The first-order valence-corrected chi connectivity index (χ1v) is 7.80. The van der Waals surface area contributed by atoms with Gasteiger partial charge in [-0.2, -0.15) is 0 Å². The molecule has 0 saturated carbocycles. The molecule has 0 fully saturated rings. The minimum absolute atomic E-state index is 0.108. The van der Waals surface area contributed by atoms with Gasteiger partial charge in [0.1, 0.15) is 10.0 Å². The Hall–Kier alpha value is -1.18. The molecule has 0 amide bonds. The molecular formula is C11H9BrClN3O2S. The number of hydrogen-bond donors (Lipinski definition) is 1. The van der Waals surface area contributed by atoms with Crippen LogP contribution in [-0.4, -0.2) is 18.4 Å². The average molecular weight is 363 g/mol. The first kappa shape index (κ1) is 14.2. The van der Waals surface area contributed by atoms with Crippen molar-refractivity contribution in [2.75, 3.05) is 4.72 Å². The lowest BCUT2D eigenvalue weighted by molar-refractivity contribution is 0.600. The van der Waals surface area contributed by atoms with Gasteiger partial charge in [-0.05, 0) is 40.5 Å². The highest BCUT2D eigenvalue weighted by Gasteiger charge is 2.18. The number of aromatic nitrogens is 2. The fraction of sp³-hybridized carbons (Fsp3) is 0.0909. The van der Waals surface area contributed by atoms with Crippen molar-refractivity contribution in [1.29, 1.82) is 0 Å². The lowest BCUT2D eigenvalue weighted by Crippen LogP contribution is -2.14. The Bertz CT molecular complexity index is 704. The Morgan fingerprint density at radius 2 is 2.00 bits per heavy atom. The number of anilines is 1. The van der Waals surface area contributed by atoms with Crippen molar-refractivity contribution in [2.24, 2.45) is 0 Å². The zero-order valence-corrected chi connectivity index (χ0v) is 12.9. The van der Waals surface area contributed by atoms with E-state index in [1.807, 2.05) is 6.92 Å². The predicted molar refractivity (Wildman–Crippen MR) is 76.7 cm³/mol. The number of halogens is 2. The SMILES string of the molecule is Cc1ccc(S(=O)(=O)Nc2cnc(Cl)cn2)c(Br)c1. The molecule has 0 aliphatic carbocycles. The molecule has 2 rings (SSSR count). The van der Waals surface area contributed by atoms with Crippen LogP contribution < -0.4 is 4.72 Å². The summed E-state index contributed by atoms with van der Waals surface area (Å²) in [6.07, 6.45) is 2.52.